The van der Waals surface area contributed by atoms with Gasteiger partial charge in [0.15, 0.2) is 0 Å². The highest BCUT2D eigenvalue weighted by atomic mass is 32.2. The van der Waals surface area contributed by atoms with Gasteiger partial charge in [0, 0.05) is 43.1 Å². The smallest absolute Gasteiger partial charge is 0.0177 e. The first-order valence-electron chi connectivity index (χ1n) is 7.81. The van der Waals surface area contributed by atoms with Gasteiger partial charge in [-0.3, -0.25) is 0 Å². The summed E-state index contributed by atoms with van der Waals surface area (Å²) in [4.78, 5) is 2.64. The van der Waals surface area contributed by atoms with Crippen LogP contribution in [-0.2, 0) is 5.41 Å². The number of nitrogens with one attached hydrogen (secondary N) is 1. The molecule has 1 aromatic carbocycles. The largest absolute Gasteiger partial charge is 0.316 e. The summed E-state index contributed by atoms with van der Waals surface area (Å²) in [6, 6.07) is 11.0. The van der Waals surface area contributed by atoms with Crippen LogP contribution in [0, 0.1) is 0 Å². The molecule has 1 heterocycles. The monoisotopic (exact) mass is 292 g/mol. The first-order chi connectivity index (χ1) is 9.74. The topological polar surface area (TPSA) is 15.3 Å². The van der Waals surface area contributed by atoms with E-state index in [4.69, 9.17) is 0 Å². The lowest BCUT2D eigenvalue weighted by Crippen LogP contribution is -2.47. The van der Waals surface area contributed by atoms with Crippen LogP contribution in [0.4, 0.5) is 0 Å². The predicted molar refractivity (Wildman–Crippen MR) is 90.7 cm³/mol. The van der Waals surface area contributed by atoms with Crippen molar-refractivity contribution in [1.82, 2.24) is 10.2 Å². The highest BCUT2D eigenvalue weighted by Gasteiger charge is 2.29. The molecule has 3 heteroatoms. The molecule has 1 aliphatic heterocycles. The Morgan fingerprint density at radius 1 is 1.20 bits per heavy atom. The lowest BCUT2D eigenvalue weighted by molar-refractivity contribution is 0.228. The third-order valence-corrected chi connectivity index (χ3v) is 5.03. The van der Waals surface area contributed by atoms with Gasteiger partial charge >= 0.3 is 0 Å². The molecule has 0 bridgehead atoms. The average molecular weight is 292 g/mol. The maximum absolute atomic E-state index is 3.63. The Bertz CT molecular complexity index is 376. The Labute approximate surface area is 128 Å². The zero-order chi connectivity index (χ0) is 14.3. The standard InChI is InChI=1S/C17H28N2S/c1-3-9-18-14-17(2,16-7-5-4-6-8-16)15-19-10-12-20-13-11-19/h4-8,18H,3,9-15H2,1-2H3. The van der Waals surface area contributed by atoms with Crippen LogP contribution < -0.4 is 5.32 Å². The number of thioether (sulfide) groups is 1. The van der Waals surface area contributed by atoms with Gasteiger partial charge in [-0.15, -0.1) is 0 Å². The Morgan fingerprint density at radius 3 is 2.55 bits per heavy atom. The average Bonchev–Trinajstić information content (AvgIpc) is 2.49. The molecular weight excluding hydrogens is 264 g/mol. The maximum atomic E-state index is 3.63. The second-order valence-corrected chi connectivity index (χ2v) is 7.22. The molecule has 0 spiro atoms. The van der Waals surface area contributed by atoms with Crippen molar-refractivity contribution in [2.75, 3.05) is 44.2 Å². The third kappa shape index (κ3) is 4.51. The van der Waals surface area contributed by atoms with E-state index in [0.29, 0.717) is 0 Å². The lowest BCUT2D eigenvalue weighted by atomic mass is 9.81. The van der Waals surface area contributed by atoms with Gasteiger partial charge in [-0.1, -0.05) is 44.2 Å². The van der Waals surface area contributed by atoms with E-state index in [1.165, 1.54) is 36.6 Å². The van der Waals surface area contributed by atoms with Crippen molar-refractivity contribution in [3.63, 3.8) is 0 Å². The molecule has 1 N–H and O–H groups in total. The van der Waals surface area contributed by atoms with E-state index in [1.807, 2.05) is 0 Å². The van der Waals surface area contributed by atoms with Gasteiger partial charge in [0.1, 0.15) is 0 Å². The first kappa shape index (κ1) is 15.9. The Hall–Kier alpha value is -0.510. The number of nitrogens with zero attached hydrogens (tertiary/aromatic N) is 1. The van der Waals surface area contributed by atoms with Crippen molar-refractivity contribution in [2.45, 2.75) is 25.7 Å². The molecule has 1 unspecified atom stereocenters. The summed E-state index contributed by atoms with van der Waals surface area (Å²) in [6.07, 6.45) is 1.20. The molecule has 2 rings (SSSR count). The van der Waals surface area contributed by atoms with E-state index in [2.05, 4.69) is 66.2 Å². The lowest BCUT2D eigenvalue weighted by Gasteiger charge is -2.38. The fraction of sp³-hybridized carbons (Fsp3) is 0.647. The van der Waals surface area contributed by atoms with Crippen molar-refractivity contribution >= 4 is 11.8 Å². The van der Waals surface area contributed by atoms with E-state index in [-0.39, 0.29) is 5.41 Å². The van der Waals surface area contributed by atoms with E-state index in [0.717, 1.165) is 19.6 Å². The zero-order valence-electron chi connectivity index (χ0n) is 12.9. The number of hydrogen-bond acceptors (Lipinski definition) is 3. The van der Waals surface area contributed by atoms with Crippen LogP contribution in [0.5, 0.6) is 0 Å². The van der Waals surface area contributed by atoms with Crippen molar-refractivity contribution in [1.29, 1.82) is 0 Å². The van der Waals surface area contributed by atoms with Crippen LogP contribution in [0.1, 0.15) is 25.8 Å². The second kappa shape index (κ2) is 8.06. The minimum absolute atomic E-state index is 0.207. The molecule has 0 amide bonds. The predicted octanol–water partition coefficient (Wildman–Crippen LogP) is 2.99. The van der Waals surface area contributed by atoms with Crippen molar-refractivity contribution in [2.24, 2.45) is 0 Å². The van der Waals surface area contributed by atoms with Crippen LogP contribution in [0.3, 0.4) is 0 Å². The van der Waals surface area contributed by atoms with Gasteiger partial charge < -0.3 is 10.2 Å². The summed E-state index contributed by atoms with van der Waals surface area (Å²) in [5.74, 6) is 2.57. The molecule has 20 heavy (non-hydrogen) atoms. The molecule has 112 valence electrons. The van der Waals surface area contributed by atoms with Crippen LogP contribution in [0.25, 0.3) is 0 Å². The summed E-state index contributed by atoms with van der Waals surface area (Å²) in [6.45, 7) is 10.4. The summed E-state index contributed by atoms with van der Waals surface area (Å²) in [5, 5.41) is 3.63. The van der Waals surface area contributed by atoms with Crippen LogP contribution in [0.15, 0.2) is 30.3 Å². The van der Waals surface area contributed by atoms with Gasteiger partial charge in [0.25, 0.3) is 0 Å². The minimum atomic E-state index is 0.207. The molecule has 0 saturated carbocycles. The van der Waals surface area contributed by atoms with E-state index in [1.54, 1.807) is 0 Å². The summed E-state index contributed by atoms with van der Waals surface area (Å²) in [7, 11) is 0. The fourth-order valence-electron chi connectivity index (χ4n) is 2.88. The Balaban J connectivity index is 2.06. The van der Waals surface area contributed by atoms with E-state index < -0.39 is 0 Å². The third-order valence-electron chi connectivity index (χ3n) is 4.09. The second-order valence-electron chi connectivity index (χ2n) is 5.99. The maximum Gasteiger partial charge on any atom is 0.0177 e. The van der Waals surface area contributed by atoms with Crippen LogP contribution in [0.2, 0.25) is 0 Å². The molecule has 1 saturated heterocycles. The molecule has 0 aliphatic carbocycles. The summed E-state index contributed by atoms with van der Waals surface area (Å²) < 4.78 is 0. The number of hydrogen-bond donors (Lipinski definition) is 1. The molecule has 1 aromatic rings. The quantitative estimate of drug-likeness (QED) is 0.778. The van der Waals surface area contributed by atoms with Crippen molar-refractivity contribution < 1.29 is 0 Å². The molecular formula is C17H28N2S. The molecule has 0 aromatic heterocycles. The normalized spacial score (nSPS) is 19.7. The van der Waals surface area contributed by atoms with Gasteiger partial charge in [-0.25, -0.2) is 0 Å². The zero-order valence-corrected chi connectivity index (χ0v) is 13.7. The van der Waals surface area contributed by atoms with Crippen LogP contribution in [-0.4, -0.2) is 49.1 Å². The summed E-state index contributed by atoms with van der Waals surface area (Å²) >= 11 is 2.08. The SMILES string of the molecule is CCCNCC(C)(CN1CCSCC1)c1ccccc1. The Kier molecular flexibility index (Phi) is 6.40. The van der Waals surface area contributed by atoms with Gasteiger partial charge in [0.2, 0.25) is 0 Å². The molecule has 1 atom stereocenters. The molecule has 1 aliphatic rings. The first-order valence-corrected chi connectivity index (χ1v) is 8.96. The molecule has 1 fully saturated rings. The van der Waals surface area contributed by atoms with Crippen molar-refractivity contribution in [3.8, 4) is 0 Å². The van der Waals surface area contributed by atoms with E-state index in [9.17, 15) is 0 Å². The Morgan fingerprint density at radius 2 is 1.90 bits per heavy atom. The number of rotatable bonds is 7. The van der Waals surface area contributed by atoms with Crippen LogP contribution >= 0.6 is 11.8 Å². The van der Waals surface area contributed by atoms with Crippen molar-refractivity contribution in [3.05, 3.63) is 35.9 Å². The highest BCUT2D eigenvalue weighted by Crippen LogP contribution is 2.25. The summed E-state index contributed by atoms with van der Waals surface area (Å²) in [5.41, 5.74) is 1.67. The minimum Gasteiger partial charge on any atom is -0.316 e. The van der Waals surface area contributed by atoms with Gasteiger partial charge in [0.05, 0.1) is 0 Å². The molecule has 2 nitrogen and oxygen atoms in total. The molecule has 0 radical (unpaired) electrons. The van der Waals surface area contributed by atoms with Gasteiger partial charge in [-0.05, 0) is 18.5 Å². The number of benzene rings is 1. The van der Waals surface area contributed by atoms with E-state index >= 15 is 0 Å². The fourth-order valence-corrected chi connectivity index (χ4v) is 3.86. The highest BCUT2D eigenvalue weighted by molar-refractivity contribution is 7.99. The van der Waals surface area contributed by atoms with Gasteiger partial charge in [-0.2, -0.15) is 11.8 Å².